The zero-order chi connectivity index (χ0) is 40.9. The Bertz CT molecular complexity index is 2510. The number of hydrogen-bond acceptors (Lipinski definition) is 2. The molecule has 9 aromatic carbocycles. The van der Waals surface area contributed by atoms with Crippen molar-refractivity contribution in [2.75, 3.05) is 9.80 Å². The van der Waals surface area contributed by atoms with Crippen molar-refractivity contribution in [1.82, 2.24) is 0 Å². The molecule has 0 heterocycles. The molecule has 0 fully saturated rings. The van der Waals surface area contributed by atoms with Gasteiger partial charge in [-0.15, -0.1) is 0 Å². The van der Waals surface area contributed by atoms with Crippen molar-refractivity contribution in [2.24, 2.45) is 0 Å². The highest BCUT2D eigenvalue weighted by molar-refractivity contribution is 6.00. The van der Waals surface area contributed by atoms with Gasteiger partial charge >= 0.3 is 0 Å². The third kappa shape index (κ3) is 7.76. The lowest BCUT2D eigenvalue weighted by molar-refractivity contribution is 0.590. The number of nitrogens with zero attached hydrogens (tertiary/aromatic N) is 2. The zero-order valence-corrected chi connectivity index (χ0v) is 34.4. The van der Waals surface area contributed by atoms with Crippen molar-refractivity contribution in [2.45, 2.75) is 26.2 Å². The van der Waals surface area contributed by atoms with Crippen LogP contribution in [0.5, 0.6) is 0 Å². The molecule has 0 spiro atoms. The number of anilines is 6. The van der Waals surface area contributed by atoms with Crippen molar-refractivity contribution >= 4 is 34.1 Å². The first-order valence-corrected chi connectivity index (χ1v) is 20.8. The van der Waals surface area contributed by atoms with Gasteiger partial charge in [-0.2, -0.15) is 0 Å². The first-order chi connectivity index (χ1) is 29.4. The lowest BCUT2D eigenvalue weighted by atomic mass is 9.85. The molecule has 290 valence electrons. The Labute approximate surface area is 355 Å². The van der Waals surface area contributed by atoms with Gasteiger partial charge in [0.1, 0.15) is 0 Å². The van der Waals surface area contributed by atoms with Gasteiger partial charge in [-0.25, -0.2) is 0 Å². The van der Waals surface area contributed by atoms with Crippen molar-refractivity contribution in [3.8, 4) is 44.5 Å². The smallest absolute Gasteiger partial charge is 0.0618 e. The summed E-state index contributed by atoms with van der Waals surface area (Å²) in [5.74, 6) is 0. The fraction of sp³-hybridized carbons (Fsp3) is 0.0690. The van der Waals surface area contributed by atoms with Gasteiger partial charge in [0, 0.05) is 45.0 Å². The van der Waals surface area contributed by atoms with Crippen LogP contribution in [0, 0.1) is 0 Å². The SMILES string of the molecule is CC(C)(C)c1cc(N(c2ccccc2)c2c(-c3ccccc3)cccc2-c2ccccc2)cc(N(c2ccccc2)c2c(-c3ccccc3)cccc2-c2ccccc2)c1. The molecule has 2 nitrogen and oxygen atoms in total. The molecule has 0 atom stereocenters. The monoisotopic (exact) mass is 772 g/mol. The standard InChI is InChI=1S/C58H48N2/c1-58(2,3)47-40-50(59(48-32-18-8-19-33-48)56-52(43-24-10-4-11-25-43)36-22-37-53(56)44-26-12-5-13-27-44)42-51(41-47)60(49-34-20-9-21-35-49)57-54(45-28-14-6-15-29-45)38-23-39-55(57)46-30-16-7-17-31-46/h4-42H,1-3H3. The van der Waals surface area contributed by atoms with E-state index >= 15 is 0 Å². The van der Waals surface area contributed by atoms with Crippen LogP contribution in [-0.4, -0.2) is 0 Å². The van der Waals surface area contributed by atoms with Gasteiger partial charge < -0.3 is 9.80 Å². The van der Waals surface area contributed by atoms with E-state index in [1.54, 1.807) is 0 Å². The topological polar surface area (TPSA) is 6.48 Å². The van der Waals surface area contributed by atoms with Gasteiger partial charge in [0.25, 0.3) is 0 Å². The summed E-state index contributed by atoms with van der Waals surface area (Å²) >= 11 is 0. The van der Waals surface area contributed by atoms with E-state index in [0.717, 1.165) is 78.6 Å². The zero-order valence-electron chi connectivity index (χ0n) is 34.4. The van der Waals surface area contributed by atoms with Crippen molar-refractivity contribution in [3.63, 3.8) is 0 Å². The van der Waals surface area contributed by atoms with Crippen LogP contribution in [0.25, 0.3) is 44.5 Å². The highest BCUT2D eigenvalue weighted by Gasteiger charge is 2.28. The molecule has 0 aliphatic rings. The van der Waals surface area contributed by atoms with E-state index in [2.05, 4.69) is 267 Å². The lowest BCUT2D eigenvalue weighted by Crippen LogP contribution is -2.19. The minimum absolute atomic E-state index is 0.183. The molecule has 0 aliphatic heterocycles. The maximum absolute atomic E-state index is 2.48. The Balaban J connectivity index is 1.39. The van der Waals surface area contributed by atoms with Gasteiger partial charge in [-0.1, -0.05) is 215 Å². The third-order valence-electron chi connectivity index (χ3n) is 11.2. The maximum Gasteiger partial charge on any atom is 0.0618 e. The Morgan fingerprint density at radius 2 is 0.533 bits per heavy atom. The lowest BCUT2D eigenvalue weighted by Gasteiger charge is -2.35. The summed E-state index contributed by atoms with van der Waals surface area (Å²) in [7, 11) is 0. The highest BCUT2D eigenvalue weighted by atomic mass is 15.2. The predicted molar refractivity (Wildman–Crippen MR) is 256 cm³/mol. The summed E-state index contributed by atoms with van der Waals surface area (Å²) in [5.41, 5.74) is 16.9. The highest BCUT2D eigenvalue weighted by Crippen LogP contribution is 2.51. The Morgan fingerprint density at radius 1 is 0.267 bits per heavy atom. The first-order valence-electron chi connectivity index (χ1n) is 20.8. The van der Waals surface area contributed by atoms with Gasteiger partial charge in [0.2, 0.25) is 0 Å². The largest absolute Gasteiger partial charge is 0.309 e. The Kier molecular flexibility index (Phi) is 10.7. The second kappa shape index (κ2) is 16.8. The average Bonchev–Trinajstić information content (AvgIpc) is 3.31. The molecule has 0 amide bonds. The quantitative estimate of drug-likeness (QED) is 0.137. The van der Waals surface area contributed by atoms with E-state index in [1.165, 1.54) is 5.56 Å². The van der Waals surface area contributed by atoms with Gasteiger partial charge in [0.15, 0.2) is 0 Å². The maximum atomic E-state index is 2.48. The number of para-hydroxylation sites is 4. The minimum atomic E-state index is -0.183. The van der Waals surface area contributed by atoms with Crippen LogP contribution < -0.4 is 9.80 Å². The Morgan fingerprint density at radius 3 is 0.800 bits per heavy atom. The molecule has 0 radical (unpaired) electrons. The van der Waals surface area contributed by atoms with Crippen LogP contribution in [0.2, 0.25) is 0 Å². The molecular weight excluding hydrogens is 725 g/mol. The van der Waals surface area contributed by atoms with Crippen LogP contribution in [-0.2, 0) is 5.41 Å². The fourth-order valence-corrected chi connectivity index (χ4v) is 8.23. The van der Waals surface area contributed by atoms with Crippen LogP contribution >= 0.6 is 0 Å². The third-order valence-corrected chi connectivity index (χ3v) is 11.2. The summed E-state index contributed by atoms with van der Waals surface area (Å²) in [4.78, 5) is 4.96. The molecule has 2 heteroatoms. The van der Waals surface area contributed by atoms with Gasteiger partial charge in [0.05, 0.1) is 11.4 Å². The Hall–Kier alpha value is -7.42. The molecule has 0 N–H and O–H groups in total. The molecule has 0 bridgehead atoms. The minimum Gasteiger partial charge on any atom is -0.309 e. The van der Waals surface area contributed by atoms with E-state index in [9.17, 15) is 0 Å². The molecule has 0 saturated heterocycles. The molecule has 60 heavy (non-hydrogen) atoms. The van der Waals surface area contributed by atoms with Crippen LogP contribution in [0.1, 0.15) is 26.3 Å². The van der Waals surface area contributed by atoms with E-state index in [0.29, 0.717) is 0 Å². The van der Waals surface area contributed by atoms with Gasteiger partial charge in [-0.05, 0) is 75.7 Å². The molecule has 9 rings (SSSR count). The molecular formula is C58H48N2. The summed E-state index contributed by atoms with van der Waals surface area (Å²) in [6, 6.07) is 85.5. The average molecular weight is 773 g/mol. The molecule has 0 aliphatic carbocycles. The van der Waals surface area contributed by atoms with Crippen molar-refractivity contribution < 1.29 is 0 Å². The van der Waals surface area contributed by atoms with E-state index in [1.807, 2.05) is 0 Å². The second-order valence-electron chi connectivity index (χ2n) is 16.2. The van der Waals surface area contributed by atoms with Gasteiger partial charge in [-0.3, -0.25) is 0 Å². The van der Waals surface area contributed by atoms with E-state index in [4.69, 9.17) is 0 Å². The van der Waals surface area contributed by atoms with E-state index < -0.39 is 0 Å². The normalized spacial score (nSPS) is 11.2. The molecule has 9 aromatic rings. The van der Waals surface area contributed by atoms with Crippen LogP contribution in [0.15, 0.2) is 237 Å². The molecule has 0 aromatic heterocycles. The van der Waals surface area contributed by atoms with E-state index in [-0.39, 0.29) is 5.41 Å². The summed E-state index contributed by atoms with van der Waals surface area (Å²) in [6.07, 6.45) is 0. The molecule has 0 unspecified atom stereocenters. The number of benzene rings is 9. The van der Waals surface area contributed by atoms with Crippen LogP contribution in [0.4, 0.5) is 34.1 Å². The first kappa shape index (κ1) is 38.1. The second-order valence-corrected chi connectivity index (χ2v) is 16.2. The molecule has 0 saturated carbocycles. The summed E-state index contributed by atoms with van der Waals surface area (Å²) < 4.78 is 0. The van der Waals surface area contributed by atoms with Crippen molar-refractivity contribution in [3.05, 3.63) is 242 Å². The number of hydrogen-bond donors (Lipinski definition) is 0. The fourth-order valence-electron chi connectivity index (χ4n) is 8.23. The summed E-state index contributed by atoms with van der Waals surface area (Å²) in [5, 5.41) is 0. The predicted octanol–water partition coefficient (Wildman–Crippen LogP) is 16.6. The van der Waals surface area contributed by atoms with Crippen LogP contribution in [0.3, 0.4) is 0 Å². The summed E-state index contributed by atoms with van der Waals surface area (Å²) in [6.45, 7) is 6.95. The van der Waals surface area contributed by atoms with Crippen molar-refractivity contribution in [1.29, 1.82) is 0 Å². The number of rotatable bonds is 10.